The standard InChI is InChI=1S/C10H15ClN2/c1-8-4-3-5-13-10(8)7-12-6-9(2)11/h3-5,9,12H,6-7H2,1-2H3. The topological polar surface area (TPSA) is 24.9 Å². The molecule has 1 atom stereocenters. The first kappa shape index (κ1) is 10.5. The molecule has 0 bridgehead atoms. The average Bonchev–Trinajstić information content (AvgIpc) is 2.08. The molecule has 1 aromatic rings. The lowest BCUT2D eigenvalue weighted by Crippen LogP contribution is -2.21. The van der Waals surface area contributed by atoms with Crippen molar-refractivity contribution in [3.63, 3.8) is 0 Å². The molecule has 1 N–H and O–H groups in total. The monoisotopic (exact) mass is 198 g/mol. The highest BCUT2D eigenvalue weighted by atomic mass is 35.5. The van der Waals surface area contributed by atoms with Crippen molar-refractivity contribution in [2.75, 3.05) is 6.54 Å². The Morgan fingerprint density at radius 1 is 1.62 bits per heavy atom. The Bertz CT molecular complexity index is 261. The highest BCUT2D eigenvalue weighted by molar-refractivity contribution is 6.20. The van der Waals surface area contributed by atoms with Gasteiger partial charge in [-0.25, -0.2) is 0 Å². The summed E-state index contributed by atoms with van der Waals surface area (Å²) in [6.45, 7) is 5.65. The number of nitrogens with one attached hydrogen (secondary N) is 1. The Hall–Kier alpha value is -0.600. The molecular formula is C10H15ClN2. The summed E-state index contributed by atoms with van der Waals surface area (Å²) >= 11 is 5.80. The number of hydrogen-bond acceptors (Lipinski definition) is 2. The van der Waals surface area contributed by atoms with E-state index in [1.54, 1.807) is 0 Å². The Morgan fingerprint density at radius 3 is 3.00 bits per heavy atom. The third-order valence-electron chi connectivity index (χ3n) is 1.84. The van der Waals surface area contributed by atoms with E-state index in [-0.39, 0.29) is 5.38 Å². The van der Waals surface area contributed by atoms with Crippen LogP contribution in [0.15, 0.2) is 18.3 Å². The molecule has 0 aromatic carbocycles. The fourth-order valence-corrected chi connectivity index (χ4v) is 1.20. The largest absolute Gasteiger partial charge is 0.310 e. The number of rotatable bonds is 4. The zero-order valence-electron chi connectivity index (χ0n) is 8.05. The second-order valence-electron chi connectivity index (χ2n) is 3.18. The highest BCUT2D eigenvalue weighted by Gasteiger charge is 1.99. The summed E-state index contributed by atoms with van der Waals surface area (Å²) in [4.78, 5) is 4.27. The van der Waals surface area contributed by atoms with Crippen LogP contribution in [0.2, 0.25) is 0 Å². The number of alkyl halides is 1. The number of aryl methyl sites for hydroxylation is 1. The molecule has 1 heterocycles. The van der Waals surface area contributed by atoms with Gasteiger partial charge in [-0.15, -0.1) is 11.6 Å². The smallest absolute Gasteiger partial charge is 0.0570 e. The summed E-state index contributed by atoms with van der Waals surface area (Å²) < 4.78 is 0. The average molecular weight is 199 g/mol. The van der Waals surface area contributed by atoms with Gasteiger partial charge >= 0.3 is 0 Å². The van der Waals surface area contributed by atoms with E-state index in [1.165, 1.54) is 5.56 Å². The van der Waals surface area contributed by atoms with Crippen LogP contribution in [-0.2, 0) is 6.54 Å². The van der Waals surface area contributed by atoms with Gasteiger partial charge < -0.3 is 5.32 Å². The Kier molecular flexibility index (Phi) is 4.19. The number of hydrogen-bond donors (Lipinski definition) is 1. The molecule has 0 saturated heterocycles. The molecule has 0 aliphatic carbocycles. The highest BCUT2D eigenvalue weighted by Crippen LogP contribution is 2.02. The van der Waals surface area contributed by atoms with Crippen LogP contribution in [0.25, 0.3) is 0 Å². The van der Waals surface area contributed by atoms with Gasteiger partial charge in [0.05, 0.1) is 5.69 Å². The first-order valence-electron chi connectivity index (χ1n) is 4.45. The second kappa shape index (κ2) is 5.20. The normalized spacial score (nSPS) is 12.8. The third kappa shape index (κ3) is 3.75. The molecule has 0 amide bonds. The van der Waals surface area contributed by atoms with Crippen molar-refractivity contribution in [3.05, 3.63) is 29.6 Å². The van der Waals surface area contributed by atoms with E-state index in [0.717, 1.165) is 18.8 Å². The second-order valence-corrected chi connectivity index (χ2v) is 3.92. The molecule has 0 radical (unpaired) electrons. The molecule has 2 nitrogen and oxygen atoms in total. The van der Waals surface area contributed by atoms with Crippen LogP contribution in [-0.4, -0.2) is 16.9 Å². The summed E-state index contributed by atoms with van der Waals surface area (Å²) in [5.41, 5.74) is 2.32. The van der Waals surface area contributed by atoms with Crippen molar-refractivity contribution < 1.29 is 0 Å². The van der Waals surface area contributed by atoms with Crippen LogP contribution >= 0.6 is 11.6 Å². The first-order valence-corrected chi connectivity index (χ1v) is 4.89. The zero-order valence-corrected chi connectivity index (χ0v) is 8.80. The van der Waals surface area contributed by atoms with Crippen molar-refractivity contribution in [1.82, 2.24) is 10.3 Å². The van der Waals surface area contributed by atoms with Crippen LogP contribution in [0, 0.1) is 6.92 Å². The van der Waals surface area contributed by atoms with Crippen molar-refractivity contribution in [2.24, 2.45) is 0 Å². The number of halogens is 1. The van der Waals surface area contributed by atoms with E-state index in [4.69, 9.17) is 11.6 Å². The van der Waals surface area contributed by atoms with Gasteiger partial charge in [0.15, 0.2) is 0 Å². The lowest BCUT2D eigenvalue weighted by molar-refractivity contribution is 0.666. The predicted molar refractivity (Wildman–Crippen MR) is 56.0 cm³/mol. The first-order chi connectivity index (χ1) is 6.20. The minimum Gasteiger partial charge on any atom is -0.310 e. The van der Waals surface area contributed by atoms with Crippen LogP contribution in [0.1, 0.15) is 18.2 Å². The van der Waals surface area contributed by atoms with Gasteiger partial charge in [-0.1, -0.05) is 6.07 Å². The van der Waals surface area contributed by atoms with Gasteiger partial charge in [0.1, 0.15) is 0 Å². The lowest BCUT2D eigenvalue weighted by atomic mass is 10.2. The Morgan fingerprint density at radius 2 is 2.38 bits per heavy atom. The van der Waals surface area contributed by atoms with Gasteiger partial charge in [-0.3, -0.25) is 4.98 Å². The number of pyridine rings is 1. The van der Waals surface area contributed by atoms with Gasteiger partial charge in [-0.2, -0.15) is 0 Å². The van der Waals surface area contributed by atoms with E-state index in [0.29, 0.717) is 0 Å². The molecule has 0 aliphatic rings. The van der Waals surface area contributed by atoms with Crippen molar-refractivity contribution in [2.45, 2.75) is 25.8 Å². The molecular weight excluding hydrogens is 184 g/mol. The third-order valence-corrected chi connectivity index (χ3v) is 1.99. The number of aromatic nitrogens is 1. The molecule has 1 aromatic heterocycles. The summed E-state index contributed by atoms with van der Waals surface area (Å²) in [6.07, 6.45) is 1.81. The summed E-state index contributed by atoms with van der Waals surface area (Å²) in [7, 11) is 0. The maximum atomic E-state index is 5.80. The molecule has 0 saturated carbocycles. The maximum absolute atomic E-state index is 5.80. The van der Waals surface area contributed by atoms with E-state index in [1.807, 2.05) is 19.2 Å². The fraction of sp³-hybridized carbons (Fsp3) is 0.500. The summed E-state index contributed by atoms with van der Waals surface area (Å²) in [5, 5.41) is 3.42. The lowest BCUT2D eigenvalue weighted by Gasteiger charge is -2.07. The molecule has 3 heteroatoms. The predicted octanol–water partition coefficient (Wildman–Crippen LogP) is 2.11. The molecule has 72 valence electrons. The Labute approximate surface area is 84.3 Å². The van der Waals surface area contributed by atoms with E-state index >= 15 is 0 Å². The number of nitrogens with zero attached hydrogens (tertiary/aromatic N) is 1. The maximum Gasteiger partial charge on any atom is 0.0570 e. The van der Waals surface area contributed by atoms with Crippen molar-refractivity contribution >= 4 is 11.6 Å². The summed E-state index contributed by atoms with van der Waals surface area (Å²) in [6, 6.07) is 4.01. The van der Waals surface area contributed by atoms with Gasteiger partial charge in [0.2, 0.25) is 0 Å². The minimum absolute atomic E-state index is 0.170. The van der Waals surface area contributed by atoms with Gasteiger partial charge in [0, 0.05) is 24.7 Å². The molecule has 0 aliphatic heterocycles. The van der Waals surface area contributed by atoms with Crippen molar-refractivity contribution in [3.8, 4) is 0 Å². The fourth-order valence-electron chi connectivity index (χ4n) is 1.09. The van der Waals surface area contributed by atoms with Gasteiger partial charge in [-0.05, 0) is 25.5 Å². The van der Waals surface area contributed by atoms with E-state index < -0.39 is 0 Å². The quantitative estimate of drug-likeness (QED) is 0.750. The summed E-state index contributed by atoms with van der Waals surface area (Å²) in [5.74, 6) is 0. The SMILES string of the molecule is Cc1cccnc1CNCC(C)Cl. The zero-order chi connectivity index (χ0) is 9.68. The van der Waals surface area contributed by atoms with Crippen LogP contribution in [0.5, 0.6) is 0 Å². The van der Waals surface area contributed by atoms with Crippen molar-refractivity contribution in [1.29, 1.82) is 0 Å². The Balaban J connectivity index is 2.41. The van der Waals surface area contributed by atoms with Crippen LogP contribution in [0.4, 0.5) is 0 Å². The van der Waals surface area contributed by atoms with Crippen LogP contribution in [0.3, 0.4) is 0 Å². The molecule has 1 rings (SSSR count). The van der Waals surface area contributed by atoms with Gasteiger partial charge in [0.25, 0.3) is 0 Å². The molecule has 1 unspecified atom stereocenters. The molecule has 13 heavy (non-hydrogen) atoms. The molecule has 0 spiro atoms. The minimum atomic E-state index is 0.170. The van der Waals surface area contributed by atoms with E-state index in [2.05, 4.69) is 23.3 Å². The van der Waals surface area contributed by atoms with Crippen LogP contribution < -0.4 is 5.32 Å². The molecule has 0 fully saturated rings. The van der Waals surface area contributed by atoms with E-state index in [9.17, 15) is 0 Å².